The second-order valence-electron chi connectivity index (χ2n) is 5.67. The van der Waals surface area contributed by atoms with Crippen LogP contribution in [0.25, 0.3) is 6.08 Å². The number of benzene rings is 2. The van der Waals surface area contributed by atoms with Gasteiger partial charge in [0.25, 0.3) is 5.91 Å². The molecule has 0 saturated carbocycles. The van der Waals surface area contributed by atoms with Gasteiger partial charge >= 0.3 is 5.97 Å². The van der Waals surface area contributed by atoms with Gasteiger partial charge in [-0.15, -0.1) is 0 Å². The van der Waals surface area contributed by atoms with Crippen molar-refractivity contribution in [1.29, 1.82) is 10.5 Å². The van der Waals surface area contributed by atoms with Gasteiger partial charge in [-0.2, -0.15) is 10.5 Å². The smallest absolute Gasteiger partial charge is 0.337 e. The number of nitriles is 2. The molecule has 0 spiro atoms. The van der Waals surface area contributed by atoms with Crippen LogP contribution in [0.4, 0.5) is 5.69 Å². The number of halogens is 1. The van der Waals surface area contributed by atoms with Gasteiger partial charge in [0.05, 0.1) is 24.3 Å². The Morgan fingerprint density at radius 1 is 1.17 bits per heavy atom. The number of nitrogens with zero attached hydrogens (tertiary/aromatic N) is 2. The molecule has 0 aliphatic carbocycles. The van der Waals surface area contributed by atoms with E-state index in [1.807, 2.05) is 12.1 Å². The van der Waals surface area contributed by atoms with Crippen LogP contribution in [-0.4, -0.2) is 32.7 Å². The van der Waals surface area contributed by atoms with Crippen molar-refractivity contribution in [1.82, 2.24) is 0 Å². The van der Waals surface area contributed by atoms with Crippen LogP contribution in [0.2, 0.25) is 0 Å². The van der Waals surface area contributed by atoms with Gasteiger partial charge in [0.15, 0.2) is 18.1 Å². The second-order valence-corrected chi connectivity index (χ2v) is 6.53. The topological polar surface area (TPSA) is 121 Å². The van der Waals surface area contributed by atoms with E-state index in [1.165, 1.54) is 44.6 Å². The molecule has 9 heteroatoms. The maximum absolute atomic E-state index is 12.5. The number of amides is 1. The fraction of sp³-hybridized carbons (Fsp3) is 0.143. The molecule has 1 N–H and O–H groups in total. The van der Waals surface area contributed by atoms with Crippen LogP contribution in [-0.2, 0) is 9.53 Å². The van der Waals surface area contributed by atoms with Gasteiger partial charge in [0, 0.05) is 5.69 Å². The van der Waals surface area contributed by atoms with Gasteiger partial charge in [-0.25, -0.2) is 4.79 Å². The van der Waals surface area contributed by atoms with Crippen molar-refractivity contribution in [2.45, 2.75) is 0 Å². The van der Waals surface area contributed by atoms with Crippen molar-refractivity contribution in [3.63, 3.8) is 0 Å². The number of carbonyl (C=O) groups excluding carboxylic acids is 2. The number of rotatable bonds is 7. The number of ether oxygens (including phenoxy) is 3. The molecule has 152 valence electrons. The summed E-state index contributed by atoms with van der Waals surface area (Å²) in [6.45, 7) is -0.162. The third kappa shape index (κ3) is 5.60. The van der Waals surface area contributed by atoms with Crippen LogP contribution in [0.5, 0.6) is 11.5 Å². The van der Waals surface area contributed by atoms with Crippen LogP contribution in [0.3, 0.4) is 0 Å². The van der Waals surface area contributed by atoms with Crippen LogP contribution >= 0.6 is 15.9 Å². The highest BCUT2D eigenvalue weighted by molar-refractivity contribution is 9.10. The summed E-state index contributed by atoms with van der Waals surface area (Å²) in [5.41, 5.74) is 1.11. The zero-order chi connectivity index (χ0) is 22.1. The van der Waals surface area contributed by atoms with Crippen molar-refractivity contribution >= 4 is 39.6 Å². The largest absolute Gasteiger partial charge is 0.493 e. The molecule has 8 nitrogen and oxygen atoms in total. The van der Waals surface area contributed by atoms with Crippen LogP contribution in [0, 0.1) is 22.7 Å². The number of esters is 1. The summed E-state index contributed by atoms with van der Waals surface area (Å²) in [5.74, 6) is -0.442. The van der Waals surface area contributed by atoms with Gasteiger partial charge in [-0.1, -0.05) is 0 Å². The Morgan fingerprint density at radius 3 is 2.43 bits per heavy atom. The predicted octanol–water partition coefficient (Wildman–Crippen LogP) is 3.69. The van der Waals surface area contributed by atoms with Gasteiger partial charge in [-0.3, -0.25) is 4.79 Å². The zero-order valence-corrected chi connectivity index (χ0v) is 17.6. The van der Waals surface area contributed by atoms with Gasteiger partial charge in [0.2, 0.25) is 0 Å². The summed E-state index contributed by atoms with van der Waals surface area (Å²) < 4.78 is 15.7. The van der Waals surface area contributed by atoms with Gasteiger partial charge < -0.3 is 19.5 Å². The van der Waals surface area contributed by atoms with Crippen molar-refractivity contribution < 1.29 is 23.8 Å². The van der Waals surface area contributed by atoms with E-state index in [4.69, 9.17) is 14.7 Å². The van der Waals surface area contributed by atoms with Crippen molar-refractivity contribution in [3.8, 4) is 23.6 Å². The molecule has 0 aliphatic heterocycles. The van der Waals surface area contributed by atoms with E-state index in [9.17, 15) is 14.9 Å². The fourth-order valence-corrected chi connectivity index (χ4v) is 2.96. The quantitative estimate of drug-likeness (QED) is 0.372. The average molecular weight is 470 g/mol. The Hall–Kier alpha value is -3.82. The first-order chi connectivity index (χ1) is 14.4. The lowest BCUT2D eigenvalue weighted by molar-refractivity contribution is -0.112. The molecule has 0 fully saturated rings. The SMILES string of the molecule is COC(=O)c1ccc(NC(=O)/C(C#N)=C/c2cc(Br)c(OCC#N)c(OC)c2)cc1. The van der Waals surface area contributed by atoms with E-state index in [-0.39, 0.29) is 12.2 Å². The first-order valence-electron chi connectivity index (χ1n) is 8.42. The molecule has 0 aliphatic rings. The molecule has 0 atom stereocenters. The third-order valence-corrected chi connectivity index (χ3v) is 4.36. The first-order valence-corrected chi connectivity index (χ1v) is 9.21. The summed E-state index contributed by atoms with van der Waals surface area (Å²) in [6, 6.07) is 13.0. The maximum Gasteiger partial charge on any atom is 0.337 e. The van der Waals surface area contributed by atoms with E-state index in [1.54, 1.807) is 12.1 Å². The highest BCUT2D eigenvalue weighted by Crippen LogP contribution is 2.37. The highest BCUT2D eigenvalue weighted by atomic mass is 79.9. The molecule has 1 amide bonds. The lowest BCUT2D eigenvalue weighted by Crippen LogP contribution is -2.13. The Labute approximate surface area is 181 Å². The molecule has 0 saturated heterocycles. The van der Waals surface area contributed by atoms with E-state index < -0.39 is 11.9 Å². The maximum atomic E-state index is 12.5. The van der Waals surface area contributed by atoms with Crippen molar-refractivity contribution in [2.75, 3.05) is 26.1 Å². The summed E-state index contributed by atoms with van der Waals surface area (Å²) in [4.78, 5) is 23.9. The number of methoxy groups -OCH3 is 2. The zero-order valence-electron chi connectivity index (χ0n) is 16.1. The van der Waals surface area contributed by atoms with E-state index in [2.05, 4.69) is 26.0 Å². The Kier molecular flexibility index (Phi) is 7.98. The molecule has 2 rings (SSSR count). The highest BCUT2D eigenvalue weighted by Gasteiger charge is 2.14. The summed E-state index contributed by atoms with van der Waals surface area (Å²) in [5, 5.41) is 20.7. The van der Waals surface area contributed by atoms with Gasteiger partial charge in [0.1, 0.15) is 17.7 Å². The Morgan fingerprint density at radius 2 is 1.87 bits per heavy atom. The standard InChI is InChI=1S/C21H16BrN3O5/c1-28-18-11-13(10-17(22)19(18)30-8-7-23)9-15(12-24)20(26)25-16-5-3-14(4-6-16)21(27)29-2/h3-6,9-11H,8H2,1-2H3,(H,25,26)/b15-9+. The average Bonchev–Trinajstić information content (AvgIpc) is 2.76. The molecular formula is C21H16BrN3O5. The second kappa shape index (κ2) is 10.6. The molecular weight excluding hydrogens is 454 g/mol. The normalized spacial score (nSPS) is 10.4. The predicted molar refractivity (Wildman–Crippen MR) is 112 cm³/mol. The molecule has 30 heavy (non-hydrogen) atoms. The summed E-state index contributed by atoms with van der Waals surface area (Å²) in [6.07, 6.45) is 1.39. The molecule has 2 aromatic carbocycles. The number of hydrogen-bond acceptors (Lipinski definition) is 7. The summed E-state index contributed by atoms with van der Waals surface area (Å²) >= 11 is 3.33. The van der Waals surface area contributed by atoms with E-state index in [0.29, 0.717) is 32.8 Å². The summed E-state index contributed by atoms with van der Waals surface area (Å²) in [7, 11) is 2.71. The Bertz CT molecular complexity index is 1070. The van der Waals surface area contributed by atoms with Crippen LogP contribution in [0.1, 0.15) is 15.9 Å². The number of nitrogens with one attached hydrogen (secondary N) is 1. The van der Waals surface area contributed by atoms with E-state index in [0.717, 1.165) is 0 Å². The van der Waals surface area contributed by atoms with Crippen LogP contribution in [0.15, 0.2) is 46.4 Å². The minimum absolute atomic E-state index is 0.147. The monoisotopic (exact) mass is 469 g/mol. The first kappa shape index (κ1) is 22.5. The fourth-order valence-electron chi connectivity index (χ4n) is 2.39. The lowest BCUT2D eigenvalue weighted by Gasteiger charge is -2.12. The van der Waals surface area contributed by atoms with Crippen molar-refractivity contribution in [2.24, 2.45) is 0 Å². The molecule has 0 bridgehead atoms. The molecule has 0 radical (unpaired) electrons. The third-order valence-electron chi connectivity index (χ3n) is 3.77. The molecule has 0 aromatic heterocycles. The molecule has 2 aromatic rings. The Balaban J connectivity index is 2.25. The molecule has 0 heterocycles. The van der Waals surface area contributed by atoms with Gasteiger partial charge in [-0.05, 0) is 64.0 Å². The number of carbonyl (C=O) groups is 2. The minimum atomic E-state index is -0.622. The van der Waals surface area contributed by atoms with Crippen LogP contribution < -0.4 is 14.8 Å². The minimum Gasteiger partial charge on any atom is -0.493 e. The number of hydrogen-bond donors (Lipinski definition) is 1. The molecule has 0 unspecified atom stereocenters. The van der Waals surface area contributed by atoms with E-state index >= 15 is 0 Å². The lowest BCUT2D eigenvalue weighted by atomic mass is 10.1. The van der Waals surface area contributed by atoms with Crippen molar-refractivity contribution in [3.05, 3.63) is 57.6 Å². The number of anilines is 1.